The van der Waals surface area contributed by atoms with E-state index < -0.39 is 5.97 Å². The molecule has 4 rings (SSSR count). The highest BCUT2D eigenvalue weighted by Crippen LogP contribution is 2.24. The summed E-state index contributed by atoms with van der Waals surface area (Å²) in [5.41, 5.74) is 2.42. The maximum Gasteiger partial charge on any atom is 0.356 e. The number of aromatic amines is 1. The minimum Gasteiger partial charge on any atom is -0.476 e. The van der Waals surface area contributed by atoms with Gasteiger partial charge in [0.25, 0.3) is 5.91 Å². The van der Waals surface area contributed by atoms with Crippen LogP contribution in [0.5, 0.6) is 0 Å². The van der Waals surface area contributed by atoms with E-state index in [4.69, 9.17) is 0 Å². The molecule has 0 aliphatic carbocycles. The average molecular weight is 369 g/mol. The van der Waals surface area contributed by atoms with E-state index in [9.17, 15) is 19.1 Å². The molecule has 27 heavy (non-hydrogen) atoms. The van der Waals surface area contributed by atoms with Crippen LogP contribution in [0.1, 0.15) is 37.8 Å². The molecule has 0 atom stereocenters. The van der Waals surface area contributed by atoms with Gasteiger partial charge in [-0.05, 0) is 17.7 Å². The molecule has 1 aliphatic heterocycles. The highest BCUT2D eigenvalue weighted by molar-refractivity contribution is 5.93. The molecule has 0 spiro atoms. The number of carboxylic acid groups (broad SMARTS) is 1. The molecule has 1 aliphatic rings. The molecule has 2 aromatic heterocycles. The quantitative estimate of drug-likeness (QED) is 0.728. The van der Waals surface area contributed by atoms with Crippen LogP contribution in [-0.4, -0.2) is 48.2 Å². The first-order valence-electron chi connectivity index (χ1n) is 8.37. The molecule has 1 aromatic carbocycles. The van der Waals surface area contributed by atoms with Crippen molar-refractivity contribution in [3.8, 4) is 0 Å². The van der Waals surface area contributed by atoms with Gasteiger partial charge in [-0.1, -0.05) is 12.1 Å². The summed E-state index contributed by atoms with van der Waals surface area (Å²) in [5.74, 6) is -1.71. The molecule has 0 saturated heterocycles. The second-order valence-electron chi connectivity index (χ2n) is 6.31. The van der Waals surface area contributed by atoms with Crippen LogP contribution in [0.4, 0.5) is 4.39 Å². The van der Waals surface area contributed by atoms with Crippen molar-refractivity contribution in [2.45, 2.75) is 19.5 Å². The first-order valence-corrected chi connectivity index (χ1v) is 8.37. The van der Waals surface area contributed by atoms with E-state index in [1.54, 1.807) is 21.7 Å². The molecule has 0 saturated carbocycles. The zero-order valence-electron chi connectivity index (χ0n) is 14.2. The summed E-state index contributed by atoms with van der Waals surface area (Å²) in [4.78, 5) is 32.4. The van der Waals surface area contributed by atoms with Crippen molar-refractivity contribution in [1.29, 1.82) is 0 Å². The number of imidazole rings is 1. The van der Waals surface area contributed by atoms with Gasteiger partial charge in [0.15, 0.2) is 5.69 Å². The molecule has 0 unspecified atom stereocenters. The Kier molecular flexibility index (Phi) is 4.19. The number of rotatable bonds is 4. The standard InChI is InChI=1S/C18H16FN5O3/c19-12-3-1-11(2-4-12)8-24-15-5-6-23(17(25)14-7-20-10-21-14)9-13(15)16(22-24)18(26)27/h1-4,7,10H,5-6,8-9H2,(H,20,21)(H,26,27). The van der Waals surface area contributed by atoms with Crippen LogP contribution in [0.25, 0.3) is 0 Å². The molecule has 3 heterocycles. The molecule has 0 radical (unpaired) electrons. The lowest BCUT2D eigenvalue weighted by Gasteiger charge is -2.27. The first-order chi connectivity index (χ1) is 13.0. The Bertz CT molecular complexity index is 995. The van der Waals surface area contributed by atoms with E-state index in [1.807, 2.05) is 0 Å². The number of benzene rings is 1. The highest BCUT2D eigenvalue weighted by atomic mass is 19.1. The highest BCUT2D eigenvalue weighted by Gasteiger charge is 2.30. The number of H-pyrrole nitrogens is 1. The van der Waals surface area contributed by atoms with Crippen LogP contribution in [0.15, 0.2) is 36.8 Å². The topological polar surface area (TPSA) is 104 Å². The summed E-state index contributed by atoms with van der Waals surface area (Å²) < 4.78 is 14.7. The second-order valence-corrected chi connectivity index (χ2v) is 6.31. The number of hydrogen-bond acceptors (Lipinski definition) is 4. The molecule has 1 amide bonds. The van der Waals surface area contributed by atoms with Gasteiger partial charge in [0.1, 0.15) is 11.5 Å². The lowest BCUT2D eigenvalue weighted by atomic mass is 10.0. The number of carbonyl (C=O) groups is 2. The Morgan fingerprint density at radius 3 is 2.70 bits per heavy atom. The fourth-order valence-electron chi connectivity index (χ4n) is 3.27. The molecule has 2 N–H and O–H groups in total. The lowest BCUT2D eigenvalue weighted by molar-refractivity contribution is 0.0673. The predicted octanol–water partition coefficient (Wildman–Crippen LogP) is 1.69. The monoisotopic (exact) mass is 369 g/mol. The van der Waals surface area contributed by atoms with Gasteiger partial charge in [-0.15, -0.1) is 0 Å². The summed E-state index contributed by atoms with van der Waals surface area (Å²) in [6.07, 6.45) is 3.34. The number of aromatic nitrogens is 4. The number of nitrogens with one attached hydrogen (secondary N) is 1. The molecule has 8 nitrogen and oxygen atoms in total. The normalized spacial score (nSPS) is 13.4. The summed E-state index contributed by atoms with van der Waals surface area (Å²) in [7, 11) is 0. The van der Waals surface area contributed by atoms with Crippen LogP contribution in [-0.2, 0) is 19.5 Å². The Hall–Kier alpha value is -3.49. The maximum absolute atomic E-state index is 13.1. The van der Waals surface area contributed by atoms with Crippen molar-refractivity contribution in [1.82, 2.24) is 24.6 Å². The van der Waals surface area contributed by atoms with Crippen LogP contribution < -0.4 is 0 Å². The maximum atomic E-state index is 13.1. The number of halogens is 1. The van der Waals surface area contributed by atoms with E-state index in [2.05, 4.69) is 15.1 Å². The van der Waals surface area contributed by atoms with Crippen LogP contribution in [0, 0.1) is 5.82 Å². The molecule has 0 bridgehead atoms. The zero-order valence-corrected chi connectivity index (χ0v) is 14.2. The van der Waals surface area contributed by atoms with Gasteiger partial charge >= 0.3 is 5.97 Å². The van der Waals surface area contributed by atoms with E-state index in [1.165, 1.54) is 24.7 Å². The molecule has 138 valence electrons. The van der Waals surface area contributed by atoms with E-state index in [0.29, 0.717) is 30.8 Å². The van der Waals surface area contributed by atoms with Crippen LogP contribution in [0.2, 0.25) is 0 Å². The third kappa shape index (κ3) is 3.19. The van der Waals surface area contributed by atoms with E-state index in [-0.39, 0.29) is 24.0 Å². The minimum atomic E-state index is -1.14. The van der Waals surface area contributed by atoms with Gasteiger partial charge in [0, 0.05) is 24.2 Å². The van der Waals surface area contributed by atoms with Crippen molar-refractivity contribution < 1.29 is 19.1 Å². The number of hydrogen-bond donors (Lipinski definition) is 2. The largest absolute Gasteiger partial charge is 0.476 e. The Morgan fingerprint density at radius 2 is 2.04 bits per heavy atom. The zero-order chi connectivity index (χ0) is 19.0. The van der Waals surface area contributed by atoms with Gasteiger partial charge < -0.3 is 15.0 Å². The Morgan fingerprint density at radius 1 is 1.26 bits per heavy atom. The fourth-order valence-corrected chi connectivity index (χ4v) is 3.27. The Balaban J connectivity index is 1.64. The van der Waals surface area contributed by atoms with Gasteiger partial charge in [0.05, 0.1) is 25.6 Å². The Labute approximate surface area is 153 Å². The summed E-state index contributed by atoms with van der Waals surface area (Å²) in [6, 6.07) is 5.99. The third-order valence-electron chi connectivity index (χ3n) is 4.60. The van der Waals surface area contributed by atoms with Crippen molar-refractivity contribution >= 4 is 11.9 Å². The smallest absolute Gasteiger partial charge is 0.356 e. The molecule has 3 aromatic rings. The number of aromatic carboxylic acids is 1. The third-order valence-corrected chi connectivity index (χ3v) is 4.60. The number of nitrogens with zero attached hydrogens (tertiary/aromatic N) is 4. The van der Waals surface area contributed by atoms with Gasteiger partial charge in [0.2, 0.25) is 0 Å². The van der Waals surface area contributed by atoms with Gasteiger partial charge in [-0.3, -0.25) is 9.48 Å². The average Bonchev–Trinajstić information content (AvgIpc) is 3.31. The molecular weight excluding hydrogens is 353 g/mol. The lowest BCUT2D eigenvalue weighted by Crippen LogP contribution is -2.37. The minimum absolute atomic E-state index is 0.0609. The number of amides is 1. The molecule has 0 fully saturated rings. The predicted molar refractivity (Wildman–Crippen MR) is 91.7 cm³/mol. The molecule has 9 heteroatoms. The van der Waals surface area contributed by atoms with Gasteiger partial charge in [-0.25, -0.2) is 14.2 Å². The number of fused-ring (bicyclic) bond motifs is 1. The van der Waals surface area contributed by atoms with Crippen LogP contribution in [0.3, 0.4) is 0 Å². The van der Waals surface area contributed by atoms with Crippen molar-refractivity contribution in [2.24, 2.45) is 0 Å². The SMILES string of the molecule is O=C(O)c1nn(Cc2ccc(F)cc2)c2c1CN(C(=O)c1cnc[nH]1)CC2. The van der Waals surface area contributed by atoms with Crippen molar-refractivity contribution in [3.05, 3.63) is 70.8 Å². The van der Waals surface area contributed by atoms with Crippen molar-refractivity contribution in [2.75, 3.05) is 6.54 Å². The first kappa shape index (κ1) is 17.0. The fraction of sp³-hybridized carbons (Fsp3) is 0.222. The summed E-state index contributed by atoms with van der Waals surface area (Å²) >= 11 is 0. The summed E-state index contributed by atoms with van der Waals surface area (Å²) in [6.45, 7) is 0.946. The van der Waals surface area contributed by atoms with E-state index >= 15 is 0 Å². The second kappa shape index (κ2) is 6.67. The van der Waals surface area contributed by atoms with E-state index in [0.717, 1.165) is 11.3 Å². The number of carbonyl (C=O) groups excluding carboxylic acids is 1. The molecular formula is C18H16FN5O3. The van der Waals surface area contributed by atoms with Crippen LogP contribution >= 0.6 is 0 Å². The number of carboxylic acids is 1. The van der Waals surface area contributed by atoms with Crippen molar-refractivity contribution in [3.63, 3.8) is 0 Å². The summed E-state index contributed by atoms with van der Waals surface area (Å²) in [5, 5.41) is 13.8. The van der Waals surface area contributed by atoms with Gasteiger partial charge in [-0.2, -0.15) is 5.10 Å².